The summed E-state index contributed by atoms with van der Waals surface area (Å²) in [4.78, 5) is 0. The average Bonchev–Trinajstić information content (AvgIpc) is 2.41. The molecule has 102 valence electrons. The minimum atomic E-state index is -0.273. The molecule has 0 aromatic heterocycles. The lowest BCUT2D eigenvalue weighted by Crippen LogP contribution is -2.30. The van der Waals surface area contributed by atoms with Crippen molar-refractivity contribution in [3.8, 4) is 0 Å². The predicted molar refractivity (Wildman–Crippen MR) is 75.2 cm³/mol. The van der Waals surface area contributed by atoms with Gasteiger partial charge in [0.05, 0.1) is 0 Å². The lowest BCUT2D eigenvalue weighted by Gasteiger charge is -2.30. The molecule has 18 heavy (non-hydrogen) atoms. The first kappa shape index (κ1) is 15.7. The van der Waals surface area contributed by atoms with Crippen molar-refractivity contribution in [1.82, 2.24) is 0 Å². The molecule has 0 bridgehead atoms. The van der Waals surface area contributed by atoms with Gasteiger partial charge in [0.25, 0.3) is 0 Å². The van der Waals surface area contributed by atoms with Crippen LogP contribution in [0.3, 0.4) is 0 Å². The fourth-order valence-corrected chi connectivity index (χ4v) is 2.84. The second kappa shape index (κ2) is 7.98. The third-order valence-corrected chi connectivity index (χ3v) is 4.25. The zero-order valence-electron chi connectivity index (χ0n) is 10.6. The van der Waals surface area contributed by atoms with Crippen molar-refractivity contribution in [2.45, 2.75) is 24.7 Å². The summed E-state index contributed by atoms with van der Waals surface area (Å²) in [5.74, 6) is 0.640. The van der Waals surface area contributed by atoms with E-state index in [1.54, 1.807) is 19.2 Å². The molecule has 0 aliphatic rings. The third-order valence-electron chi connectivity index (χ3n) is 3.22. The minimum Gasteiger partial charge on any atom is -0.385 e. The van der Waals surface area contributed by atoms with E-state index in [-0.39, 0.29) is 11.2 Å². The van der Waals surface area contributed by atoms with Crippen LogP contribution in [0, 0.1) is 5.82 Å². The van der Waals surface area contributed by atoms with Gasteiger partial charge in [-0.3, -0.25) is 0 Å². The highest BCUT2D eigenvalue weighted by molar-refractivity contribution is 6.22. The molecular formula is C14H19Cl2FO. The van der Waals surface area contributed by atoms with Crippen molar-refractivity contribution in [1.29, 1.82) is 0 Å². The monoisotopic (exact) mass is 292 g/mol. The van der Waals surface area contributed by atoms with Gasteiger partial charge in [0, 0.05) is 30.9 Å². The van der Waals surface area contributed by atoms with E-state index in [4.69, 9.17) is 27.9 Å². The molecule has 0 spiro atoms. The number of alkyl halides is 2. The summed E-state index contributed by atoms with van der Waals surface area (Å²) in [5, 5.41) is 0. The molecule has 0 atom stereocenters. The van der Waals surface area contributed by atoms with Gasteiger partial charge in [-0.05, 0) is 30.5 Å². The van der Waals surface area contributed by atoms with E-state index in [1.807, 2.05) is 0 Å². The SMILES string of the molecule is COCCCCC(CCl)(CCl)c1ccc(F)cc1. The van der Waals surface area contributed by atoms with Gasteiger partial charge >= 0.3 is 0 Å². The quantitative estimate of drug-likeness (QED) is 0.511. The fraction of sp³-hybridized carbons (Fsp3) is 0.571. The van der Waals surface area contributed by atoms with Gasteiger partial charge in [-0.15, -0.1) is 23.2 Å². The average molecular weight is 293 g/mol. The van der Waals surface area contributed by atoms with Gasteiger partial charge in [0.1, 0.15) is 5.82 Å². The van der Waals surface area contributed by atoms with Crippen LogP contribution in [0.1, 0.15) is 24.8 Å². The summed E-state index contributed by atoms with van der Waals surface area (Å²) >= 11 is 12.2. The molecule has 1 rings (SSSR count). The maximum atomic E-state index is 13.0. The van der Waals surface area contributed by atoms with Gasteiger partial charge in [-0.2, -0.15) is 0 Å². The topological polar surface area (TPSA) is 9.23 Å². The smallest absolute Gasteiger partial charge is 0.123 e. The Morgan fingerprint density at radius 3 is 2.22 bits per heavy atom. The van der Waals surface area contributed by atoms with Crippen LogP contribution in [0.25, 0.3) is 0 Å². The van der Waals surface area contributed by atoms with Crippen LogP contribution in [-0.4, -0.2) is 25.5 Å². The molecule has 0 amide bonds. The second-order valence-corrected chi connectivity index (χ2v) is 5.04. The lowest BCUT2D eigenvalue weighted by molar-refractivity contribution is 0.190. The molecule has 0 aliphatic heterocycles. The highest BCUT2D eigenvalue weighted by Crippen LogP contribution is 2.33. The normalized spacial score (nSPS) is 11.8. The first-order valence-electron chi connectivity index (χ1n) is 6.05. The Balaban J connectivity index is 2.75. The molecule has 1 aromatic carbocycles. The maximum Gasteiger partial charge on any atom is 0.123 e. The van der Waals surface area contributed by atoms with Crippen LogP contribution in [0.5, 0.6) is 0 Å². The van der Waals surface area contributed by atoms with Crippen molar-refractivity contribution >= 4 is 23.2 Å². The molecule has 1 nitrogen and oxygen atoms in total. The largest absolute Gasteiger partial charge is 0.385 e. The molecule has 0 fully saturated rings. The van der Waals surface area contributed by atoms with Gasteiger partial charge < -0.3 is 4.74 Å². The van der Waals surface area contributed by atoms with Crippen LogP contribution in [-0.2, 0) is 10.2 Å². The molecule has 0 aliphatic carbocycles. The van der Waals surface area contributed by atoms with Gasteiger partial charge in [0.2, 0.25) is 0 Å². The first-order chi connectivity index (χ1) is 8.68. The number of unbranched alkanes of at least 4 members (excludes halogenated alkanes) is 1. The Morgan fingerprint density at radius 1 is 1.11 bits per heavy atom. The zero-order valence-corrected chi connectivity index (χ0v) is 12.1. The Hall–Kier alpha value is -0.310. The van der Waals surface area contributed by atoms with Crippen LogP contribution < -0.4 is 0 Å². The van der Waals surface area contributed by atoms with Crippen molar-refractivity contribution in [2.24, 2.45) is 0 Å². The number of rotatable bonds is 8. The number of hydrogen-bond acceptors (Lipinski definition) is 1. The number of ether oxygens (including phenoxy) is 1. The Labute approximate surface area is 118 Å². The minimum absolute atomic E-state index is 0.240. The fourth-order valence-electron chi connectivity index (χ4n) is 1.98. The molecule has 0 radical (unpaired) electrons. The predicted octanol–water partition coefficient (Wildman–Crippen LogP) is 4.36. The Kier molecular flexibility index (Phi) is 6.98. The maximum absolute atomic E-state index is 13.0. The Bertz CT molecular complexity index is 336. The van der Waals surface area contributed by atoms with Crippen LogP contribution >= 0.6 is 23.2 Å². The van der Waals surface area contributed by atoms with E-state index in [9.17, 15) is 4.39 Å². The van der Waals surface area contributed by atoms with Gasteiger partial charge in [0.15, 0.2) is 0 Å². The van der Waals surface area contributed by atoms with Gasteiger partial charge in [-0.25, -0.2) is 4.39 Å². The first-order valence-corrected chi connectivity index (χ1v) is 7.12. The molecule has 0 N–H and O–H groups in total. The van der Waals surface area contributed by atoms with E-state index in [0.717, 1.165) is 31.4 Å². The summed E-state index contributed by atoms with van der Waals surface area (Å²) in [6, 6.07) is 6.46. The summed E-state index contributed by atoms with van der Waals surface area (Å²) in [6.07, 6.45) is 2.85. The van der Waals surface area contributed by atoms with Crippen LogP contribution in [0.2, 0.25) is 0 Å². The van der Waals surface area contributed by atoms with Crippen LogP contribution in [0.4, 0.5) is 4.39 Å². The summed E-state index contributed by atoms with van der Waals surface area (Å²) < 4.78 is 18.0. The lowest BCUT2D eigenvalue weighted by atomic mass is 9.79. The van der Waals surface area contributed by atoms with E-state index in [1.165, 1.54) is 12.1 Å². The number of halogens is 3. The molecule has 0 heterocycles. The molecule has 0 saturated heterocycles. The molecule has 0 unspecified atom stereocenters. The molecule has 0 saturated carbocycles. The van der Waals surface area contributed by atoms with E-state index >= 15 is 0 Å². The van der Waals surface area contributed by atoms with E-state index in [0.29, 0.717) is 11.8 Å². The number of benzene rings is 1. The summed E-state index contributed by atoms with van der Waals surface area (Å²) in [5.41, 5.74) is 0.733. The summed E-state index contributed by atoms with van der Waals surface area (Å²) in [7, 11) is 1.69. The highest BCUT2D eigenvalue weighted by atomic mass is 35.5. The van der Waals surface area contributed by atoms with Crippen LogP contribution in [0.15, 0.2) is 24.3 Å². The van der Waals surface area contributed by atoms with E-state index in [2.05, 4.69) is 0 Å². The second-order valence-electron chi connectivity index (χ2n) is 4.50. The van der Waals surface area contributed by atoms with E-state index < -0.39 is 0 Å². The van der Waals surface area contributed by atoms with Gasteiger partial charge in [-0.1, -0.05) is 18.6 Å². The van der Waals surface area contributed by atoms with Crippen molar-refractivity contribution < 1.29 is 9.13 Å². The zero-order chi connectivity index (χ0) is 13.4. The molecule has 4 heteroatoms. The number of hydrogen-bond donors (Lipinski definition) is 0. The molecule has 1 aromatic rings. The van der Waals surface area contributed by atoms with Crippen molar-refractivity contribution in [2.75, 3.05) is 25.5 Å². The Morgan fingerprint density at radius 2 is 1.72 bits per heavy atom. The van der Waals surface area contributed by atoms with Crippen molar-refractivity contribution in [3.05, 3.63) is 35.6 Å². The third kappa shape index (κ3) is 4.11. The number of methoxy groups -OCH3 is 1. The summed E-state index contributed by atoms with van der Waals surface area (Å²) in [6.45, 7) is 0.740. The standard InChI is InChI=1S/C14H19Cl2FO/c1-18-9-3-2-8-14(10-15,11-16)12-4-6-13(17)7-5-12/h4-7H,2-3,8-11H2,1H3. The molecular weight excluding hydrogens is 274 g/mol. The highest BCUT2D eigenvalue weighted by Gasteiger charge is 2.30. The van der Waals surface area contributed by atoms with Crippen molar-refractivity contribution in [3.63, 3.8) is 0 Å².